The Morgan fingerprint density at radius 3 is 2.11 bits per heavy atom. The highest BCUT2D eigenvalue weighted by Gasteiger charge is 2.32. The van der Waals surface area contributed by atoms with Crippen molar-refractivity contribution >= 4 is 23.4 Å². The zero-order valence-corrected chi connectivity index (χ0v) is 21.7. The highest BCUT2D eigenvalue weighted by atomic mass is 16.6. The molecule has 0 bridgehead atoms. The lowest BCUT2D eigenvalue weighted by molar-refractivity contribution is -0.142. The molecular formula is C27H40N4O4. The second-order valence-corrected chi connectivity index (χ2v) is 10.5. The molecule has 0 spiro atoms. The third kappa shape index (κ3) is 7.78. The van der Waals surface area contributed by atoms with Gasteiger partial charge in [-0.3, -0.25) is 9.69 Å². The number of rotatable bonds is 7. The first kappa shape index (κ1) is 26.7. The van der Waals surface area contributed by atoms with Crippen LogP contribution in [-0.4, -0.2) is 61.9 Å². The predicted octanol–water partition coefficient (Wildman–Crippen LogP) is 4.79. The number of anilines is 2. The summed E-state index contributed by atoms with van der Waals surface area (Å²) in [5.41, 5.74) is 1.50. The van der Waals surface area contributed by atoms with E-state index in [-0.39, 0.29) is 18.5 Å². The molecule has 2 aliphatic rings. The molecule has 0 radical (unpaired) electrons. The molecule has 1 aromatic carbocycles. The van der Waals surface area contributed by atoms with Crippen LogP contribution in [0.15, 0.2) is 24.3 Å². The number of ether oxygens (including phenoxy) is 2. The second-order valence-electron chi connectivity index (χ2n) is 10.5. The summed E-state index contributed by atoms with van der Waals surface area (Å²) in [4.78, 5) is 29.7. The summed E-state index contributed by atoms with van der Waals surface area (Å²) in [6.07, 6.45) is 6.57. The van der Waals surface area contributed by atoms with Gasteiger partial charge >= 0.3 is 12.1 Å². The average molecular weight is 485 g/mol. The first-order chi connectivity index (χ1) is 16.7. The third-order valence-corrected chi connectivity index (χ3v) is 6.89. The van der Waals surface area contributed by atoms with E-state index in [0.717, 1.165) is 63.2 Å². The summed E-state index contributed by atoms with van der Waals surface area (Å²) in [5.74, 6) is 1.08. The molecule has 0 aliphatic carbocycles. The van der Waals surface area contributed by atoms with Crippen molar-refractivity contribution in [2.75, 3.05) is 49.1 Å². The SMILES string of the molecule is CCOC(=O)CCN(C#N)c1ccc(N2CCC(C3CCN(C(=O)OC(C)(C)C)CC3)CC2)cc1. The zero-order chi connectivity index (χ0) is 25.4. The molecule has 1 aromatic rings. The summed E-state index contributed by atoms with van der Waals surface area (Å²) in [6, 6.07) is 8.01. The molecule has 2 aliphatic heterocycles. The normalized spacial score (nSPS) is 17.6. The van der Waals surface area contributed by atoms with Gasteiger partial charge < -0.3 is 19.3 Å². The number of amides is 1. The molecule has 8 heteroatoms. The number of nitrogens with zero attached hydrogens (tertiary/aromatic N) is 4. The van der Waals surface area contributed by atoms with Gasteiger partial charge in [0.2, 0.25) is 0 Å². The molecule has 35 heavy (non-hydrogen) atoms. The Kier molecular flexibility index (Phi) is 9.25. The van der Waals surface area contributed by atoms with Crippen molar-refractivity contribution in [3.63, 3.8) is 0 Å². The van der Waals surface area contributed by atoms with Crippen molar-refractivity contribution in [2.45, 2.75) is 65.4 Å². The third-order valence-electron chi connectivity index (χ3n) is 6.89. The lowest BCUT2D eigenvalue weighted by Crippen LogP contribution is -2.44. The van der Waals surface area contributed by atoms with Crippen LogP contribution in [-0.2, 0) is 14.3 Å². The number of likely N-dealkylation sites (tertiary alicyclic amines) is 1. The summed E-state index contributed by atoms with van der Waals surface area (Å²) < 4.78 is 10.5. The van der Waals surface area contributed by atoms with Crippen LogP contribution in [0.1, 0.15) is 59.8 Å². The number of hydrogen-bond acceptors (Lipinski definition) is 7. The molecular weight excluding hydrogens is 444 g/mol. The van der Waals surface area contributed by atoms with Gasteiger partial charge in [-0.2, -0.15) is 5.26 Å². The van der Waals surface area contributed by atoms with E-state index in [2.05, 4.69) is 23.2 Å². The van der Waals surface area contributed by atoms with Crippen LogP contribution in [0.4, 0.5) is 16.2 Å². The molecule has 0 N–H and O–H groups in total. The Hall–Kier alpha value is -2.95. The molecule has 2 fully saturated rings. The number of piperidine rings is 2. The van der Waals surface area contributed by atoms with E-state index in [9.17, 15) is 14.9 Å². The van der Waals surface area contributed by atoms with Gasteiger partial charge in [-0.1, -0.05) is 0 Å². The first-order valence-corrected chi connectivity index (χ1v) is 12.9. The monoisotopic (exact) mass is 484 g/mol. The fourth-order valence-corrected chi connectivity index (χ4v) is 5.03. The summed E-state index contributed by atoms with van der Waals surface area (Å²) in [7, 11) is 0. The van der Waals surface area contributed by atoms with Crippen molar-refractivity contribution < 1.29 is 19.1 Å². The standard InChI is InChI=1S/C27H40N4O4/c1-5-34-25(32)14-19-31(20-28)24-8-6-23(7-9-24)29-15-10-21(11-16-29)22-12-17-30(18-13-22)26(33)35-27(2,3)4/h6-9,21-22H,5,10-19H2,1-4H3. The number of carbonyl (C=O) groups is 2. The minimum atomic E-state index is -0.450. The highest BCUT2D eigenvalue weighted by molar-refractivity contribution is 5.70. The van der Waals surface area contributed by atoms with E-state index in [4.69, 9.17) is 9.47 Å². The van der Waals surface area contributed by atoms with E-state index >= 15 is 0 Å². The maximum Gasteiger partial charge on any atom is 0.410 e. The van der Waals surface area contributed by atoms with Crippen LogP contribution in [0.5, 0.6) is 0 Å². The van der Waals surface area contributed by atoms with E-state index in [0.29, 0.717) is 25.0 Å². The Morgan fingerprint density at radius 2 is 1.60 bits per heavy atom. The van der Waals surface area contributed by atoms with Crippen LogP contribution in [0, 0.1) is 23.3 Å². The van der Waals surface area contributed by atoms with Crippen molar-refractivity contribution in [1.29, 1.82) is 5.26 Å². The van der Waals surface area contributed by atoms with Crippen LogP contribution >= 0.6 is 0 Å². The topological polar surface area (TPSA) is 86.1 Å². The number of carbonyl (C=O) groups excluding carboxylic acids is 2. The zero-order valence-electron chi connectivity index (χ0n) is 21.7. The Labute approximate surface area is 209 Å². The van der Waals surface area contributed by atoms with E-state index in [1.165, 1.54) is 4.90 Å². The maximum atomic E-state index is 12.3. The van der Waals surface area contributed by atoms with Gasteiger partial charge in [0.1, 0.15) is 5.60 Å². The number of hydrogen-bond donors (Lipinski definition) is 0. The molecule has 192 valence electrons. The number of nitriles is 1. The smallest absolute Gasteiger partial charge is 0.410 e. The molecule has 2 heterocycles. The van der Waals surface area contributed by atoms with Crippen LogP contribution < -0.4 is 9.80 Å². The molecule has 0 aromatic heterocycles. The lowest BCUT2D eigenvalue weighted by atomic mass is 9.79. The Balaban J connectivity index is 1.45. The molecule has 2 saturated heterocycles. The van der Waals surface area contributed by atoms with Gasteiger partial charge in [0.15, 0.2) is 6.19 Å². The first-order valence-electron chi connectivity index (χ1n) is 12.9. The van der Waals surface area contributed by atoms with Gasteiger partial charge in [-0.05, 0) is 89.5 Å². The minimum absolute atomic E-state index is 0.188. The van der Waals surface area contributed by atoms with Gasteiger partial charge in [0.25, 0.3) is 0 Å². The van der Waals surface area contributed by atoms with Crippen molar-refractivity contribution in [3.05, 3.63) is 24.3 Å². The van der Waals surface area contributed by atoms with E-state index in [1.54, 1.807) is 6.92 Å². The van der Waals surface area contributed by atoms with Crippen molar-refractivity contribution in [3.8, 4) is 6.19 Å². The van der Waals surface area contributed by atoms with Crippen LogP contribution in [0.3, 0.4) is 0 Å². The van der Waals surface area contributed by atoms with Gasteiger partial charge in [0, 0.05) is 38.4 Å². The maximum absolute atomic E-state index is 12.3. The number of esters is 1. The Bertz CT molecular complexity index is 874. The highest BCUT2D eigenvalue weighted by Crippen LogP contribution is 2.34. The fraction of sp³-hybridized carbons (Fsp3) is 0.667. The Morgan fingerprint density at radius 1 is 1.03 bits per heavy atom. The summed E-state index contributed by atoms with van der Waals surface area (Å²) in [6.45, 7) is 11.8. The average Bonchev–Trinajstić information content (AvgIpc) is 2.84. The van der Waals surface area contributed by atoms with Crippen molar-refractivity contribution in [2.24, 2.45) is 11.8 Å². The minimum Gasteiger partial charge on any atom is -0.466 e. The van der Waals surface area contributed by atoms with E-state index < -0.39 is 5.60 Å². The van der Waals surface area contributed by atoms with Gasteiger partial charge in [0.05, 0.1) is 18.7 Å². The molecule has 0 unspecified atom stereocenters. The van der Waals surface area contributed by atoms with Gasteiger partial charge in [-0.25, -0.2) is 4.79 Å². The molecule has 0 saturated carbocycles. The molecule has 8 nitrogen and oxygen atoms in total. The summed E-state index contributed by atoms with van der Waals surface area (Å²) >= 11 is 0. The van der Waals surface area contributed by atoms with Crippen LogP contribution in [0.2, 0.25) is 0 Å². The van der Waals surface area contributed by atoms with Crippen LogP contribution in [0.25, 0.3) is 0 Å². The molecule has 3 rings (SSSR count). The molecule has 1 amide bonds. The lowest BCUT2D eigenvalue weighted by Gasteiger charge is -2.41. The molecule has 0 atom stereocenters. The van der Waals surface area contributed by atoms with Crippen molar-refractivity contribution in [1.82, 2.24) is 4.90 Å². The summed E-state index contributed by atoms with van der Waals surface area (Å²) in [5, 5.41) is 9.47. The predicted molar refractivity (Wildman–Crippen MR) is 136 cm³/mol. The fourth-order valence-electron chi connectivity index (χ4n) is 5.03. The largest absolute Gasteiger partial charge is 0.466 e. The van der Waals surface area contributed by atoms with E-state index in [1.807, 2.05) is 37.8 Å². The second kappa shape index (κ2) is 12.1. The quantitative estimate of drug-likeness (QED) is 0.312. The van der Waals surface area contributed by atoms with Gasteiger partial charge in [-0.15, -0.1) is 0 Å². The number of benzene rings is 1.